The van der Waals surface area contributed by atoms with Gasteiger partial charge in [-0.1, -0.05) is 12.1 Å². The van der Waals surface area contributed by atoms with Gasteiger partial charge in [0, 0.05) is 25.6 Å². The number of nitrogens with one attached hydrogen (secondary N) is 1. The van der Waals surface area contributed by atoms with Crippen LogP contribution >= 0.6 is 0 Å². The highest BCUT2D eigenvalue weighted by atomic mass is 19.1. The molecule has 1 aliphatic rings. The predicted octanol–water partition coefficient (Wildman–Crippen LogP) is 3.27. The van der Waals surface area contributed by atoms with Crippen molar-refractivity contribution in [3.05, 3.63) is 35.6 Å². The number of nitrogens with zero attached hydrogens (tertiary/aromatic N) is 1. The van der Waals surface area contributed by atoms with Crippen LogP contribution in [-0.2, 0) is 16.0 Å². The first-order valence-corrected chi connectivity index (χ1v) is 8.75. The van der Waals surface area contributed by atoms with Gasteiger partial charge in [-0.15, -0.1) is 0 Å². The third kappa shape index (κ3) is 6.36. The highest BCUT2D eigenvalue weighted by Gasteiger charge is 2.28. The molecule has 0 aliphatic carbocycles. The molecule has 1 aromatic rings. The number of carbonyl (C=O) groups excluding carboxylic acids is 2. The number of halogens is 1. The molecule has 1 N–H and O–H groups in total. The molecular formula is C19H27FN2O3. The highest BCUT2D eigenvalue weighted by molar-refractivity contribution is 5.78. The Morgan fingerprint density at radius 1 is 1.36 bits per heavy atom. The van der Waals surface area contributed by atoms with Gasteiger partial charge in [-0.05, 0) is 57.7 Å². The fourth-order valence-corrected chi connectivity index (χ4v) is 3.04. The van der Waals surface area contributed by atoms with Crippen LogP contribution in [0.5, 0.6) is 0 Å². The van der Waals surface area contributed by atoms with Gasteiger partial charge in [0.1, 0.15) is 11.4 Å². The normalized spacial score (nSPS) is 17.4. The van der Waals surface area contributed by atoms with Gasteiger partial charge < -0.3 is 15.0 Å². The summed E-state index contributed by atoms with van der Waals surface area (Å²) in [6.07, 6.45) is 2.24. The standard InChI is InChI=1S/C19H27FN2O3/c1-19(2,3)25-18(24)21-10-9-17(23)22-11-5-8-16(22)13-14-6-4-7-15(20)12-14/h4,6-7,12,16H,5,8-11,13H2,1-3H3,(H,21,24). The molecule has 1 atom stereocenters. The first-order valence-electron chi connectivity index (χ1n) is 8.75. The fraction of sp³-hybridized carbons (Fsp3) is 0.579. The minimum absolute atomic E-state index is 0.00922. The number of alkyl carbamates (subject to hydrolysis) is 1. The second-order valence-electron chi connectivity index (χ2n) is 7.40. The van der Waals surface area contributed by atoms with Crippen LogP contribution in [0.15, 0.2) is 24.3 Å². The molecule has 1 unspecified atom stereocenters. The Bertz CT molecular complexity index is 613. The quantitative estimate of drug-likeness (QED) is 0.887. The van der Waals surface area contributed by atoms with Crippen LogP contribution in [0.2, 0.25) is 0 Å². The molecule has 5 nitrogen and oxygen atoms in total. The SMILES string of the molecule is CC(C)(C)OC(=O)NCCC(=O)N1CCCC1Cc1cccc(F)c1. The lowest BCUT2D eigenvalue weighted by molar-refractivity contribution is -0.131. The number of amides is 2. The topological polar surface area (TPSA) is 58.6 Å². The van der Waals surface area contributed by atoms with Gasteiger partial charge in [0.25, 0.3) is 0 Å². The molecule has 0 bridgehead atoms. The smallest absolute Gasteiger partial charge is 0.407 e. The molecule has 1 aromatic carbocycles. The Balaban J connectivity index is 1.81. The van der Waals surface area contributed by atoms with Crippen LogP contribution in [0.3, 0.4) is 0 Å². The summed E-state index contributed by atoms with van der Waals surface area (Å²) in [6.45, 7) is 6.33. The molecule has 2 rings (SSSR count). The van der Waals surface area contributed by atoms with Gasteiger partial charge in [0.05, 0.1) is 0 Å². The summed E-state index contributed by atoms with van der Waals surface area (Å²) < 4.78 is 18.5. The van der Waals surface area contributed by atoms with Gasteiger partial charge in [0.2, 0.25) is 5.91 Å². The van der Waals surface area contributed by atoms with E-state index in [0.29, 0.717) is 13.0 Å². The van der Waals surface area contributed by atoms with E-state index < -0.39 is 11.7 Å². The highest BCUT2D eigenvalue weighted by Crippen LogP contribution is 2.22. The largest absolute Gasteiger partial charge is 0.444 e. The summed E-state index contributed by atoms with van der Waals surface area (Å²) in [5.41, 5.74) is 0.343. The Kier molecular flexibility index (Phi) is 6.39. The van der Waals surface area contributed by atoms with Crippen LogP contribution in [-0.4, -0.2) is 41.6 Å². The zero-order chi connectivity index (χ0) is 18.4. The molecule has 1 saturated heterocycles. The average molecular weight is 350 g/mol. The average Bonchev–Trinajstić information content (AvgIpc) is 2.93. The molecule has 0 radical (unpaired) electrons. The van der Waals surface area contributed by atoms with E-state index in [1.54, 1.807) is 26.8 Å². The van der Waals surface area contributed by atoms with Crippen LogP contribution < -0.4 is 5.32 Å². The Hall–Kier alpha value is -2.11. The summed E-state index contributed by atoms with van der Waals surface area (Å²) in [4.78, 5) is 25.9. The minimum Gasteiger partial charge on any atom is -0.444 e. The molecule has 1 heterocycles. The fourth-order valence-electron chi connectivity index (χ4n) is 3.04. The van der Waals surface area contributed by atoms with E-state index in [1.807, 2.05) is 11.0 Å². The molecule has 1 fully saturated rings. The van der Waals surface area contributed by atoms with Crippen molar-refractivity contribution in [3.8, 4) is 0 Å². The van der Waals surface area contributed by atoms with E-state index in [2.05, 4.69) is 5.32 Å². The van der Waals surface area contributed by atoms with E-state index in [4.69, 9.17) is 4.74 Å². The molecule has 0 aromatic heterocycles. The predicted molar refractivity (Wildman–Crippen MR) is 93.7 cm³/mol. The molecule has 6 heteroatoms. The molecule has 138 valence electrons. The third-order valence-corrected chi connectivity index (χ3v) is 4.06. The molecular weight excluding hydrogens is 323 g/mol. The maximum Gasteiger partial charge on any atom is 0.407 e. The van der Waals surface area contributed by atoms with Gasteiger partial charge in [0.15, 0.2) is 0 Å². The van der Waals surface area contributed by atoms with E-state index in [0.717, 1.165) is 18.4 Å². The van der Waals surface area contributed by atoms with Crippen molar-refractivity contribution in [2.75, 3.05) is 13.1 Å². The number of carbonyl (C=O) groups is 2. The van der Waals surface area contributed by atoms with Gasteiger partial charge >= 0.3 is 6.09 Å². The van der Waals surface area contributed by atoms with Gasteiger partial charge in [-0.3, -0.25) is 4.79 Å². The number of likely N-dealkylation sites (tertiary alicyclic amines) is 1. The molecule has 2 amide bonds. The van der Waals surface area contributed by atoms with Crippen LogP contribution in [0, 0.1) is 5.82 Å². The third-order valence-electron chi connectivity index (χ3n) is 4.06. The van der Waals surface area contributed by atoms with Gasteiger partial charge in [-0.25, -0.2) is 9.18 Å². The number of ether oxygens (including phenoxy) is 1. The number of benzene rings is 1. The van der Waals surface area contributed by atoms with E-state index in [-0.39, 0.29) is 30.7 Å². The van der Waals surface area contributed by atoms with Crippen molar-refractivity contribution in [2.24, 2.45) is 0 Å². The maximum absolute atomic E-state index is 13.3. The van der Waals surface area contributed by atoms with E-state index in [9.17, 15) is 14.0 Å². The van der Waals surface area contributed by atoms with Crippen molar-refractivity contribution in [1.82, 2.24) is 10.2 Å². The summed E-state index contributed by atoms with van der Waals surface area (Å²) in [5.74, 6) is -0.245. The molecule has 0 saturated carbocycles. The minimum atomic E-state index is -0.556. The lowest BCUT2D eigenvalue weighted by Crippen LogP contribution is -2.39. The van der Waals surface area contributed by atoms with Crippen molar-refractivity contribution < 1.29 is 18.7 Å². The summed E-state index contributed by atoms with van der Waals surface area (Å²) in [5, 5.41) is 2.61. The zero-order valence-electron chi connectivity index (χ0n) is 15.2. The lowest BCUT2D eigenvalue weighted by atomic mass is 10.0. The Morgan fingerprint density at radius 3 is 2.80 bits per heavy atom. The van der Waals surface area contributed by atoms with Crippen molar-refractivity contribution in [2.45, 2.75) is 58.1 Å². The van der Waals surface area contributed by atoms with Crippen molar-refractivity contribution in [1.29, 1.82) is 0 Å². The number of hydrogen-bond donors (Lipinski definition) is 1. The second-order valence-corrected chi connectivity index (χ2v) is 7.40. The first-order chi connectivity index (χ1) is 11.7. The summed E-state index contributed by atoms with van der Waals surface area (Å²) in [7, 11) is 0. The van der Waals surface area contributed by atoms with Crippen LogP contribution in [0.1, 0.15) is 45.6 Å². The van der Waals surface area contributed by atoms with Crippen molar-refractivity contribution in [3.63, 3.8) is 0 Å². The zero-order valence-corrected chi connectivity index (χ0v) is 15.2. The second kappa shape index (κ2) is 8.32. The van der Waals surface area contributed by atoms with Crippen LogP contribution in [0.25, 0.3) is 0 Å². The van der Waals surface area contributed by atoms with E-state index in [1.165, 1.54) is 12.1 Å². The monoisotopic (exact) mass is 350 g/mol. The molecule has 25 heavy (non-hydrogen) atoms. The molecule has 1 aliphatic heterocycles. The molecule has 0 spiro atoms. The number of hydrogen-bond acceptors (Lipinski definition) is 3. The maximum atomic E-state index is 13.3. The number of rotatable bonds is 5. The lowest BCUT2D eigenvalue weighted by Gasteiger charge is -2.25. The summed E-state index contributed by atoms with van der Waals surface area (Å²) >= 11 is 0. The Labute approximate surface area is 148 Å². The van der Waals surface area contributed by atoms with Gasteiger partial charge in [-0.2, -0.15) is 0 Å². The summed E-state index contributed by atoms with van der Waals surface area (Å²) in [6, 6.07) is 6.61. The van der Waals surface area contributed by atoms with Crippen LogP contribution in [0.4, 0.5) is 9.18 Å². The van der Waals surface area contributed by atoms with Crippen molar-refractivity contribution >= 4 is 12.0 Å². The van der Waals surface area contributed by atoms with E-state index >= 15 is 0 Å². The Morgan fingerprint density at radius 2 is 2.12 bits per heavy atom. The first kappa shape index (κ1) is 19.2.